The summed E-state index contributed by atoms with van der Waals surface area (Å²) in [6.45, 7) is 3.55. The van der Waals surface area contributed by atoms with Gasteiger partial charge in [-0.05, 0) is 70.1 Å². The molecular weight excluding hydrogens is 460 g/mol. The van der Waals surface area contributed by atoms with Crippen molar-refractivity contribution < 1.29 is 9.53 Å². The second kappa shape index (κ2) is 10.8. The van der Waals surface area contributed by atoms with Crippen LogP contribution in [0.25, 0.3) is 5.52 Å². The number of carbonyl (C=O) groups excluding carboxylic acids is 1. The molecule has 1 aliphatic carbocycles. The summed E-state index contributed by atoms with van der Waals surface area (Å²) < 4.78 is 7.27. The number of hydrogen-bond donors (Lipinski definition) is 2. The molecule has 0 unspecified atom stereocenters. The predicted molar refractivity (Wildman–Crippen MR) is 140 cm³/mol. The third-order valence-corrected chi connectivity index (χ3v) is 7.08. The number of benzene rings is 1. The van der Waals surface area contributed by atoms with Gasteiger partial charge in [0.1, 0.15) is 23.2 Å². The van der Waals surface area contributed by atoms with Crippen molar-refractivity contribution in [2.24, 2.45) is 5.73 Å². The molecule has 0 aliphatic heterocycles. The number of para-hydroxylation sites is 1. The Kier molecular flexibility index (Phi) is 7.63. The number of nitrogens with two attached hydrogens (primary N) is 1. The molecule has 2 aromatic heterocycles. The van der Waals surface area contributed by atoms with Crippen molar-refractivity contribution in [3.63, 3.8) is 0 Å². The Bertz CT molecular complexity index is 1290. The van der Waals surface area contributed by atoms with Crippen molar-refractivity contribution in [3.05, 3.63) is 60.0 Å². The van der Waals surface area contributed by atoms with E-state index in [-0.39, 0.29) is 12.1 Å². The van der Waals surface area contributed by atoms with Crippen LogP contribution in [-0.2, 0) is 4.74 Å². The lowest BCUT2D eigenvalue weighted by Crippen LogP contribution is -2.33. The molecule has 1 amide bonds. The van der Waals surface area contributed by atoms with Crippen LogP contribution in [0, 0.1) is 11.3 Å². The summed E-state index contributed by atoms with van der Waals surface area (Å²) in [4.78, 5) is 16.0. The summed E-state index contributed by atoms with van der Waals surface area (Å²) in [6, 6.07) is 14.0. The fourth-order valence-corrected chi connectivity index (χ4v) is 4.90. The number of nitrogens with one attached hydrogen (secondary N) is 1. The van der Waals surface area contributed by atoms with E-state index in [4.69, 9.17) is 10.5 Å². The van der Waals surface area contributed by atoms with Gasteiger partial charge in [-0.25, -0.2) is 14.2 Å². The zero-order chi connectivity index (χ0) is 24.9. The number of allylic oxidation sites excluding steroid dienone is 2. The Morgan fingerprint density at radius 2 is 2.06 bits per heavy atom. The van der Waals surface area contributed by atoms with Gasteiger partial charge in [0.05, 0.1) is 23.1 Å². The largest absolute Gasteiger partial charge is 0.425 e. The lowest BCUT2D eigenvalue weighted by Gasteiger charge is -2.29. The molecule has 182 valence electrons. The number of amides is 1. The molecule has 8 nitrogen and oxygen atoms in total. The molecule has 3 N–H and O–H groups in total. The van der Waals surface area contributed by atoms with Gasteiger partial charge < -0.3 is 15.8 Å². The molecule has 1 aromatic carbocycles. The number of ether oxygens (including phenoxy) is 1. The molecule has 4 rings (SSSR count). The van der Waals surface area contributed by atoms with Crippen LogP contribution in [0.3, 0.4) is 0 Å². The zero-order valence-electron chi connectivity index (χ0n) is 20.2. The van der Waals surface area contributed by atoms with E-state index >= 15 is 0 Å². The van der Waals surface area contributed by atoms with Crippen molar-refractivity contribution in [1.29, 1.82) is 5.26 Å². The first-order valence-electron chi connectivity index (χ1n) is 11.7. The molecular formula is C26H30N6O2S. The molecule has 9 heteroatoms. The van der Waals surface area contributed by atoms with Gasteiger partial charge in [-0.3, -0.25) is 0 Å². The van der Waals surface area contributed by atoms with E-state index in [0.717, 1.165) is 30.6 Å². The highest BCUT2D eigenvalue weighted by atomic mass is 32.2. The molecule has 0 radical (unpaired) electrons. The fourth-order valence-electron chi connectivity index (χ4n) is 4.32. The minimum Gasteiger partial charge on any atom is -0.415 e. The van der Waals surface area contributed by atoms with E-state index in [0.29, 0.717) is 34.0 Å². The Morgan fingerprint density at radius 1 is 1.31 bits per heavy atom. The topological polar surface area (TPSA) is 109 Å². The van der Waals surface area contributed by atoms with Gasteiger partial charge in [-0.1, -0.05) is 12.1 Å². The first-order chi connectivity index (χ1) is 17.0. The summed E-state index contributed by atoms with van der Waals surface area (Å²) in [5, 5.41) is 18.0. The van der Waals surface area contributed by atoms with Crippen molar-refractivity contribution >= 4 is 40.6 Å². The maximum Gasteiger partial charge on any atom is 0.425 e. The summed E-state index contributed by atoms with van der Waals surface area (Å²) in [5.74, 6) is 0.971. The SMILES string of the molecule is C/C=C(\C)OC(=O)N(c1ccccc1SC)c1cc(N[C@H]2CC[C@H](N)CC2)c(C#N)c2ccnn12. The molecule has 1 saturated carbocycles. The summed E-state index contributed by atoms with van der Waals surface area (Å²) >= 11 is 1.53. The van der Waals surface area contributed by atoms with Crippen molar-refractivity contribution in [2.75, 3.05) is 16.5 Å². The molecule has 0 atom stereocenters. The van der Waals surface area contributed by atoms with Crippen LogP contribution in [0.4, 0.5) is 22.0 Å². The smallest absolute Gasteiger partial charge is 0.415 e. The molecule has 2 heterocycles. The quantitative estimate of drug-likeness (QED) is 0.332. The fraction of sp³-hybridized carbons (Fsp3) is 0.346. The highest BCUT2D eigenvalue weighted by Crippen LogP contribution is 2.38. The minimum atomic E-state index is -0.557. The lowest BCUT2D eigenvalue weighted by atomic mass is 9.91. The number of aromatic nitrogens is 2. The third-order valence-electron chi connectivity index (χ3n) is 6.29. The Balaban J connectivity index is 1.88. The maximum atomic E-state index is 13.6. The first-order valence-corrected chi connectivity index (χ1v) is 12.9. The molecule has 0 saturated heterocycles. The minimum absolute atomic E-state index is 0.198. The Morgan fingerprint density at radius 3 is 2.74 bits per heavy atom. The number of carbonyl (C=O) groups is 1. The number of hydrogen-bond acceptors (Lipinski definition) is 7. The lowest BCUT2D eigenvalue weighted by molar-refractivity contribution is 0.186. The van der Waals surface area contributed by atoms with Crippen LogP contribution >= 0.6 is 11.8 Å². The second-order valence-corrected chi connectivity index (χ2v) is 9.41. The van der Waals surface area contributed by atoms with Gasteiger partial charge in [0, 0.05) is 23.0 Å². The van der Waals surface area contributed by atoms with Crippen molar-refractivity contribution in [1.82, 2.24) is 9.61 Å². The van der Waals surface area contributed by atoms with Crippen LogP contribution in [-0.4, -0.2) is 34.0 Å². The normalized spacial score (nSPS) is 18.2. The molecule has 3 aromatic rings. The van der Waals surface area contributed by atoms with E-state index in [9.17, 15) is 10.1 Å². The summed E-state index contributed by atoms with van der Waals surface area (Å²) in [7, 11) is 0. The highest BCUT2D eigenvalue weighted by Gasteiger charge is 2.28. The molecule has 1 aliphatic rings. The second-order valence-electron chi connectivity index (χ2n) is 8.56. The van der Waals surface area contributed by atoms with E-state index in [1.165, 1.54) is 16.7 Å². The highest BCUT2D eigenvalue weighted by molar-refractivity contribution is 7.98. The standard InChI is InChI=1S/C26H30N6O2S/c1-4-17(2)34-26(33)31(23-7-5-6-8-24(23)35-3)25-15-21(30-19-11-9-18(28)10-12-19)20(16-27)22-13-14-29-32(22)25/h4-8,13-15,18-19,30H,9-12,28H2,1-3H3/b17-4+/t18-,19-. The number of rotatable bonds is 6. The first kappa shape index (κ1) is 24.6. The monoisotopic (exact) mass is 490 g/mol. The number of anilines is 3. The number of pyridine rings is 1. The van der Waals surface area contributed by atoms with E-state index in [2.05, 4.69) is 16.5 Å². The Hall–Kier alpha value is -3.48. The molecule has 0 bridgehead atoms. The van der Waals surface area contributed by atoms with Crippen LogP contribution in [0.2, 0.25) is 0 Å². The maximum absolute atomic E-state index is 13.6. The molecule has 35 heavy (non-hydrogen) atoms. The van der Waals surface area contributed by atoms with Crippen LogP contribution in [0.15, 0.2) is 59.3 Å². The Labute approximate surface area is 209 Å². The van der Waals surface area contributed by atoms with Gasteiger partial charge in [-0.2, -0.15) is 10.4 Å². The number of nitrogens with zero attached hydrogens (tertiary/aromatic N) is 4. The number of fused-ring (bicyclic) bond motifs is 1. The average Bonchev–Trinajstić information content (AvgIpc) is 3.36. The zero-order valence-corrected chi connectivity index (χ0v) is 21.0. The molecule has 1 fully saturated rings. The van der Waals surface area contributed by atoms with E-state index in [1.807, 2.05) is 43.5 Å². The summed E-state index contributed by atoms with van der Waals surface area (Å²) in [6.07, 6.45) is 8.48. The third kappa shape index (κ3) is 5.14. The average molecular weight is 491 g/mol. The van der Waals surface area contributed by atoms with Gasteiger partial charge >= 0.3 is 6.09 Å². The van der Waals surface area contributed by atoms with Crippen LogP contribution < -0.4 is 16.0 Å². The van der Waals surface area contributed by atoms with Crippen molar-refractivity contribution in [3.8, 4) is 6.07 Å². The van der Waals surface area contributed by atoms with Gasteiger partial charge in [0.15, 0.2) is 0 Å². The van der Waals surface area contributed by atoms with Gasteiger partial charge in [0.25, 0.3) is 0 Å². The van der Waals surface area contributed by atoms with E-state index in [1.54, 1.807) is 29.8 Å². The summed E-state index contributed by atoms with van der Waals surface area (Å²) in [5.41, 5.74) is 8.52. The number of nitriles is 1. The van der Waals surface area contributed by atoms with Gasteiger partial charge in [-0.15, -0.1) is 11.8 Å². The van der Waals surface area contributed by atoms with Crippen LogP contribution in [0.1, 0.15) is 45.1 Å². The number of thioether (sulfide) groups is 1. The molecule has 0 spiro atoms. The predicted octanol–water partition coefficient (Wildman–Crippen LogP) is 5.81. The van der Waals surface area contributed by atoms with Crippen LogP contribution in [0.5, 0.6) is 0 Å². The van der Waals surface area contributed by atoms with E-state index < -0.39 is 6.09 Å². The van der Waals surface area contributed by atoms with Crippen molar-refractivity contribution in [2.45, 2.75) is 56.5 Å². The van der Waals surface area contributed by atoms with Gasteiger partial charge in [0.2, 0.25) is 0 Å².